The Hall–Kier alpha value is -1.52. The number of anilines is 1. The highest BCUT2D eigenvalue weighted by molar-refractivity contribution is 7.17. The fourth-order valence-electron chi connectivity index (χ4n) is 1.59. The number of carbonyl (C=O) groups excluding carboxylic acids is 1. The lowest BCUT2D eigenvalue weighted by Crippen LogP contribution is -2.25. The van der Waals surface area contributed by atoms with Gasteiger partial charge in [0.15, 0.2) is 0 Å². The Morgan fingerprint density at radius 3 is 2.50 bits per heavy atom. The molecule has 0 radical (unpaired) electrons. The Kier molecular flexibility index (Phi) is 3.89. The summed E-state index contributed by atoms with van der Waals surface area (Å²) in [6.45, 7) is 0.550. The molecule has 0 saturated carbocycles. The minimum atomic E-state index is -0.0243. The fraction of sp³-hybridized carbons (Fsp3) is 0.154. The lowest BCUT2D eigenvalue weighted by Gasteiger charge is -2.16. The average molecular weight is 281 g/mol. The van der Waals surface area contributed by atoms with Gasteiger partial charge in [-0.1, -0.05) is 23.7 Å². The van der Waals surface area contributed by atoms with Crippen molar-refractivity contribution in [1.82, 2.24) is 4.90 Å². The summed E-state index contributed by atoms with van der Waals surface area (Å²) in [5.41, 5.74) is 7.38. The van der Waals surface area contributed by atoms with E-state index in [9.17, 15) is 4.79 Å². The van der Waals surface area contributed by atoms with E-state index in [-0.39, 0.29) is 5.91 Å². The van der Waals surface area contributed by atoms with Crippen LogP contribution < -0.4 is 5.73 Å². The van der Waals surface area contributed by atoms with Crippen LogP contribution in [0.1, 0.15) is 15.2 Å². The number of nitrogens with two attached hydrogens (primary N) is 1. The molecule has 0 fully saturated rings. The van der Waals surface area contributed by atoms with Gasteiger partial charge in [-0.2, -0.15) is 0 Å². The van der Waals surface area contributed by atoms with Crippen LogP contribution in [0.3, 0.4) is 0 Å². The molecule has 0 saturated heterocycles. The molecule has 3 nitrogen and oxygen atoms in total. The van der Waals surface area contributed by atoms with Crippen LogP contribution in [0.4, 0.5) is 5.69 Å². The number of rotatable bonds is 3. The van der Waals surface area contributed by atoms with Gasteiger partial charge in [0.2, 0.25) is 0 Å². The Labute approximate surface area is 115 Å². The molecule has 1 aromatic heterocycles. The molecule has 0 bridgehead atoms. The van der Waals surface area contributed by atoms with Gasteiger partial charge in [0.05, 0.1) is 9.21 Å². The van der Waals surface area contributed by atoms with E-state index in [0.717, 1.165) is 11.3 Å². The third kappa shape index (κ3) is 3.03. The zero-order valence-corrected chi connectivity index (χ0v) is 11.5. The van der Waals surface area contributed by atoms with Crippen LogP contribution in [0, 0.1) is 0 Å². The summed E-state index contributed by atoms with van der Waals surface area (Å²) in [5, 5.41) is 0. The molecule has 0 unspecified atom stereocenters. The summed E-state index contributed by atoms with van der Waals surface area (Å²) < 4.78 is 0.624. The standard InChI is InChI=1S/C13H13ClN2OS/c1-16(8-9-2-4-10(15)5-3-9)13(17)11-6-7-12(14)18-11/h2-7H,8,15H2,1H3. The lowest BCUT2D eigenvalue weighted by molar-refractivity contribution is 0.0790. The van der Waals surface area contributed by atoms with Crippen molar-refractivity contribution in [2.24, 2.45) is 0 Å². The first-order valence-corrected chi connectivity index (χ1v) is 6.61. The van der Waals surface area contributed by atoms with Crippen LogP contribution in [0.5, 0.6) is 0 Å². The van der Waals surface area contributed by atoms with Crippen LogP contribution in [0.15, 0.2) is 36.4 Å². The van der Waals surface area contributed by atoms with Gasteiger partial charge in [-0.05, 0) is 29.8 Å². The van der Waals surface area contributed by atoms with Gasteiger partial charge in [0.25, 0.3) is 5.91 Å². The molecule has 2 N–H and O–H groups in total. The van der Waals surface area contributed by atoms with Crippen LogP contribution in [-0.2, 0) is 6.54 Å². The number of nitrogens with zero attached hydrogens (tertiary/aromatic N) is 1. The van der Waals surface area contributed by atoms with Crippen molar-refractivity contribution in [2.45, 2.75) is 6.54 Å². The van der Waals surface area contributed by atoms with E-state index < -0.39 is 0 Å². The average Bonchev–Trinajstić information content (AvgIpc) is 2.78. The molecule has 0 atom stereocenters. The van der Waals surface area contributed by atoms with Gasteiger partial charge in [-0.15, -0.1) is 11.3 Å². The SMILES string of the molecule is CN(Cc1ccc(N)cc1)C(=O)c1ccc(Cl)s1. The quantitative estimate of drug-likeness (QED) is 0.877. The number of thiophene rings is 1. The molecule has 2 rings (SSSR count). The van der Waals surface area contributed by atoms with E-state index in [1.165, 1.54) is 11.3 Å². The molecule has 0 spiro atoms. The first kappa shape index (κ1) is 12.9. The number of carbonyl (C=O) groups is 1. The van der Waals surface area contributed by atoms with Gasteiger partial charge in [0, 0.05) is 19.3 Å². The van der Waals surface area contributed by atoms with Gasteiger partial charge in [-0.25, -0.2) is 0 Å². The number of nitrogen functional groups attached to an aromatic ring is 1. The highest BCUT2D eigenvalue weighted by Gasteiger charge is 2.14. The normalized spacial score (nSPS) is 10.3. The Morgan fingerprint density at radius 2 is 1.94 bits per heavy atom. The van der Waals surface area contributed by atoms with E-state index in [4.69, 9.17) is 17.3 Å². The maximum atomic E-state index is 12.1. The van der Waals surface area contributed by atoms with Crippen molar-refractivity contribution in [3.8, 4) is 0 Å². The second kappa shape index (κ2) is 5.42. The second-order valence-corrected chi connectivity index (χ2v) is 5.72. The summed E-state index contributed by atoms with van der Waals surface area (Å²) in [6.07, 6.45) is 0. The molecule has 2 aromatic rings. The summed E-state index contributed by atoms with van der Waals surface area (Å²) in [4.78, 5) is 14.4. The van der Waals surface area contributed by atoms with Gasteiger partial charge in [-0.3, -0.25) is 4.79 Å². The predicted molar refractivity (Wildman–Crippen MR) is 76.0 cm³/mol. The maximum absolute atomic E-state index is 12.1. The molecule has 0 aliphatic rings. The molecule has 1 heterocycles. The number of amides is 1. The Morgan fingerprint density at radius 1 is 1.28 bits per heavy atom. The smallest absolute Gasteiger partial charge is 0.264 e. The van der Waals surface area contributed by atoms with E-state index in [1.54, 1.807) is 24.1 Å². The van der Waals surface area contributed by atoms with E-state index in [1.807, 2.05) is 24.3 Å². The van der Waals surface area contributed by atoms with Gasteiger partial charge in [0.1, 0.15) is 0 Å². The summed E-state index contributed by atoms with van der Waals surface area (Å²) in [7, 11) is 1.77. The van der Waals surface area contributed by atoms with Gasteiger partial charge >= 0.3 is 0 Å². The third-order valence-corrected chi connectivity index (χ3v) is 3.75. The molecule has 1 amide bonds. The highest BCUT2D eigenvalue weighted by atomic mass is 35.5. The number of hydrogen-bond donors (Lipinski definition) is 1. The largest absolute Gasteiger partial charge is 0.399 e. The molecule has 0 aliphatic carbocycles. The van der Waals surface area contributed by atoms with Crippen molar-refractivity contribution in [3.63, 3.8) is 0 Å². The number of hydrogen-bond acceptors (Lipinski definition) is 3. The van der Waals surface area contributed by atoms with Crippen molar-refractivity contribution in [3.05, 3.63) is 51.2 Å². The zero-order valence-electron chi connectivity index (χ0n) is 9.89. The molecule has 94 valence electrons. The summed E-state index contributed by atoms with van der Waals surface area (Å²) in [6, 6.07) is 11.0. The molecule has 1 aromatic carbocycles. The van der Waals surface area contributed by atoms with E-state index >= 15 is 0 Å². The summed E-state index contributed by atoms with van der Waals surface area (Å²) >= 11 is 7.11. The molecular formula is C13H13ClN2OS. The second-order valence-electron chi connectivity index (χ2n) is 4.01. The van der Waals surface area contributed by atoms with Gasteiger partial charge < -0.3 is 10.6 Å². The van der Waals surface area contributed by atoms with Crippen LogP contribution in [0.25, 0.3) is 0 Å². The van der Waals surface area contributed by atoms with E-state index in [2.05, 4.69) is 0 Å². The van der Waals surface area contributed by atoms with Crippen molar-refractivity contribution in [2.75, 3.05) is 12.8 Å². The third-order valence-electron chi connectivity index (χ3n) is 2.53. The topological polar surface area (TPSA) is 46.3 Å². The Bertz CT molecular complexity index is 550. The fourth-order valence-corrected chi connectivity index (χ4v) is 2.62. The molecular weight excluding hydrogens is 268 g/mol. The first-order chi connectivity index (χ1) is 8.56. The monoisotopic (exact) mass is 280 g/mol. The van der Waals surface area contributed by atoms with Crippen LogP contribution in [0.2, 0.25) is 4.34 Å². The minimum absolute atomic E-state index is 0.0243. The minimum Gasteiger partial charge on any atom is -0.399 e. The number of halogens is 1. The number of benzene rings is 1. The Balaban J connectivity index is 2.05. The molecule has 18 heavy (non-hydrogen) atoms. The van der Waals surface area contributed by atoms with Crippen molar-refractivity contribution >= 4 is 34.5 Å². The molecule has 0 aliphatic heterocycles. The zero-order chi connectivity index (χ0) is 13.1. The van der Waals surface area contributed by atoms with Crippen molar-refractivity contribution in [1.29, 1.82) is 0 Å². The molecule has 5 heteroatoms. The first-order valence-electron chi connectivity index (χ1n) is 5.41. The lowest BCUT2D eigenvalue weighted by atomic mass is 10.2. The van der Waals surface area contributed by atoms with Crippen molar-refractivity contribution < 1.29 is 4.79 Å². The highest BCUT2D eigenvalue weighted by Crippen LogP contribution is 2.23. The predicted octanol–water partition coefficient (Wildman–Crippen LogP) is 3.26. The summed E-state index contributed by atoms with van der Waals surface area (Å²) in [5.74, 6) is -0.0243. The maximum Gasteiger partial charge on any atom is 0.264 e. The van der Waals surface area contributed by atoms with Crippen LogP contribution in [-0.4, -0.2) is 17.9 Å². The van der Waals surface area contributed by atoms with E-state index in [0.29, 0.717) is 15.8 Å². The van der Waals surface area contributed by atoms with Crippen LogP contribution >= 0.6 is 22.9 Å².